The van der Waals surface area contributed by atoms with Gasteiger partial charge >= 0.3 is 0 Å². The Balaban J connectivity index is 1.99. The van der Waals surface area contributed by atoms with Crippen molar-refractivity contribution in [2.75, 3.05) is 20.0 Å². The molecule has 0 aromatic carbocycles. The van der Waals surface area contributed by atoms with Crippen molar-refractivity contribution in [2.45, 2.75) is 33.1 Å². The van der Waals surface area contributed by atoms with Gasteiger partial charge in [-0.3, -0.25) is 0 Å². The van der Waals surface area contributed by atoms with Crippen LogP contribution in [0.15, 0.2) is 23.2 Å². The van der Waals surface area contributed by atoms with Crippen molar-refractivity contribution in [2.24, 2.45) is 5.92 Å². The molecule has 0 radical (unpaired) electrons. The predicted molar refractivity (Wildman–Crippen MR) is 69.4 cm³/mol. The first-order chi connectivity index (χ1) is 8.85. The lowest BCUT2D eigenvalue weighted by Gasteiger charge is -2.23. The molecule has 3 heteroatoms. The van der Waals surface area contributed by atoms with E-state index < -0.39 is 0 Å². The van der Waals surface area contributed by atoms with Crippen molar-refractivity contribution in [1.29, 1.82) is 0 Å². The molecule has 0 saturated carbocycles. The Labute approximate surface area is 109 Å². The number of allylic oxidation sites excluding steroid dienone is 2. The van der Waals surface area contributed by atoms with Crippen LogP contribution in [-0.2, 0) is 14.2 Å². The van der Waals surface area contributed by atoms with Gasteiger partial charge in [0.15, 0.2) is 5.76 Å². The maximum atomic E-state index is 5.58. The Morgan fingerprint density at radius 2 is 2.33 bits per heavy atom. The number of ether oxygens (including phenoxy) is 3. The molecule has 2 rings (SSSR count). The Morgan fingerprint density at radius 1 is 1.44 bits per heavy atom. The average molecular weight is 248 g/mol. The molecule has 0 fully saturated rings. The first-order valence-electron chi connectivity index (χ1n) is 6.51. The molecule has 1 atom stereocenters. The minimum Gasteiger partial charge on any atom is -0.458 e. The SMILES string of the molecule is CC#CCOCC1=CC2=C(CC1CCC)OCO2. The first-order valence-corrected chi connectivity index (χ1v) is 6.51. The first kappa shape index (κ1) is 13.0. The minimum atomic E-state index is 0.357. The molecule has 1 unspecified atom stereocenters. The maximum absolute atomic E-state index is 5.58. The largest absolute Gasteiger partial charge is 0.458 e. The molecule has 0 amide bonds. The molecule has 0 aromatic heterocycles. The van der Waals surface area contributed by atoms with Crippen molar-refractivity contribution in [3.63, 3.8) is 0 Å². The zero-order valence-corrected chi connectivity index (χ0v) is 11.1. The van der Waals surface area contributed by atoms with Crippen molar-refractivity contribution in [3.05, 3.63) is 23.2 Å². The second kappa shape index (κ2) is 6.51. The molecule has 1 aliphatic heterocycles. The van der Waals surface area contributed by atoms with Crippen LogP contribution in [0.4, 0.5) is 0 Å². The Morgan fingerprint density at radius 3 is 3.11 bits per heavy atom. The summed E-state index contributed by atoms with van der Waals surface area (Å²) in [5, 5.41) is 0. The summed E-state index contributed by atoms with van der Waals surface area (Å²) in [6, 6.07) is 0. The van der Waals surface area contributed by atoms with Gasteiger partial charge in [-0.25, -0.2) is 0 Å². The van der Waals surface area contributed by atoms with Crippen LogP contribution in [0.1, 0.15) is 33.1 Å². The molecular weight excluding hydrogens is 228 g/mol. The Hall–Kier alpha value is -1.40. The average Bonchev–Trinajstić information content (AvgIpc) is 2.82. The van der Waals surface area contributed by atoms with E-state index in [9.17, 15) is 0 Å². The molecule has 0 saturated heterocycles. The highest BCUT2D eigenvalue weighted by atomic mass is 16.7. The highest BCUT2D eigenvalue weighted by Gasteiger charge is 2.27. The fraction of sp³-hybridized carbons (Fsp3) is 0.600. The molecular formula is C15H20O3. The zero-order chi connectivity index (χ0) is 12.8. The van der Waals surface area contributed by atoms with Gasteiger partial charge in [-0.15, -0.1) is 5.92 Å². The topological polar surface area (TPSA) is 27.7 Å². The highest BCUT2D eigenvalue weighted by molar-refractivity contribution is 5.30. The highest BCUT2D eigenvalue weighted by Crippen LogP contribution is 2.36. The lowest BCUT2D eigenvalue weighted by atomic mass is 9.87. The van der Waals surface area contributed by atoms with Gasteiger partial charge in [-0.1, -0.05) is 19.3 Å². The molecule has 1 heterocycles. The van der Waals surface area contributed by atoms with Gasteiger partial charge in [0.2, 0.25) is 6.79 Å². The third kappa shape index (κ3) is 3.08. The van der Waals surface area contributed by atoms with Crippen molar-refractivity contribution in [1.82, 2.24) is 0 Å². The van der Waals surface area contributed by atoms with E-state index in [0.29, 0.717) is 25.9 Å². The van der Waals surface area contributed by atoms with Gasteiger partial charge in [0.05, 0.1) is 6.61 Å². The van der Waals surface area contributed by atoms with E-state index in [4.69, 9.17) is 14.2 Å². The van der Waals surface area contributed by atoms with Gasteiger partial charge in [0, 0.05) is 6.42 Å². The third-order valence-electron chi connectivity index (χ3n) is 3.25. The number of hydrogen-bond acceptors (Lipinski definition) is 3. The number of hydrogen-bond donors (Lipinski definition) is 0. The summed E-state index contributed by atoms with van der Waals surface area (Å²) in [6.07, 6.45) is 5.36. The van der Waals surface area contributed by atoms with E-state index in [2.05, 4.69) is 24.8 Å². The molecule has 18 heavy (non-hydrogen) atoms. The monoisotopic (exact) mass is 248 g/mol. The molecule has 98 valence electrons. The van der Waals surface area contributed by atoms with Crippen LogP contribution in [0.2, 0.25) is 0 Å². The lowest BCUT2D eigenvalue weighted by molar-refractivity contribution is 0.0716. The van der Waals surface area contributed by atoms with E-state index in [-0.39, 0.29) is 0 Å². The van der Waals surface area contributed by atoms with E-state index in [1.807, 2.05) is 6.92 Å². The standard InChI is InChI=1S/C15H20O3/c1-3-5-7-16-10-13-9-15-14(17-11-18-15)8-12(13)6-4-2/h9,12H,4,6-8,10-11H2,1-2H3. The second-order valence-corrected chi connectivity index (χ2v) is 4.52. The summed E-state index contributed by atoms with van der Waals surface area (Å²) in [6.45, 7) is 5.52. The lowest BCUT2D eigenvalue weighted by Crippen LogP contribution is -2.15. The second-order valence-electron chi connectivity index (χ2n) is 4.52. The molecule has 0 spiro atoms. The summed E-state index contributed by atoms with van der Waals surface area (Å²) in [7, 11) is 0. The smallest absolute Gasteiger partial charge is 0.230 e. The zero-order valence-electron chi connectivity index (χ0n) is 11.1. The van der Waals surface area contributed by atoms with E-state index in [0.717, 1.165) is 24.4 Å². The summed E-state index contributed by atoms with van der Waals surface area (Å²) >= 11 is 0. The third-order valence-corrected chi connectivity index (χ3v) is 3.25. The van der Waals surface area contributed by atoms with Crippen molar-refractivity contribution < 1.29 is 14.2 Å². The Kier molecular flexibility index (Phi) is 4.72. The fourth-order valence-electron chi connectivity index (χ4n) is 2.33. The molecule has 0 N–H and O–H groups in total. The molecule has 0 bridgehead atoms. The summed E-state index contributed by atoms with van der Waals surface area (Å²) in [5.74, 6) is 8.16. The number of rotatable bonds is 5. The molecule has 2 aliphatic rings. The van der Waals surface area contributed by atoms with Crippen LogP contribution in [0.5, 0.6) is 0 Å². The van der Waals surface area contributed by atoms with Crippen LogP contribution >= 0.6 is 0 Å². The van der Waals surface area contributed by atoms with Gasteiger partial charge < -0.3 is 14.2 Å². The molecule has 1 aliphatic carbocycles. The minimum absolute atomic E-state index is 0.357. The van der Waals surface area contributed by atoms with Gasteiger partial charge in [0.1, 0.15) is 12.4 Å². The quantitative estimate of drug-likeness (QED) is 0.553. The van der Waals surface area contributed by atoms with Gasteiger partial charge in [-0.05, 0) is 30.9 Å². The Bertz CT molecular complexity index is 409. The van der Waals surface area contributed by atoms with Gasteiger partial charge in [-0.2, -0.15) is 0 Å². The predicted octanol–water partition coefficient (Wildman–Crippen LogP) is 2.99. The summed E-state index contributed by atoms with van der Waals surface area (Å²) < 4.78 is 16.5. The van der Waals surface area contributed by atoms with E-state index in [1.54, 1.807) is 0 Å². The van der Waals surface area contributed by atoms with Crippen LogP contribution < -0.4 is 0 Å². The van der Waals surface area contributed by atoms with Crippen molar-refractivity contribution in [3.8, 4) is 11.8 Å². The molecule has 0 aromatic rings. The van der Waals surface area contributed by atoms with Gasteiger partial charge in [0.25, 0.3) is 0 Å². The maximum Gasteiger partial charge on any atom is 0.230 e. The summed E-state index contributed by atoms with van der Waals surface area (Å²) in [4.78, 5) is 0. The van der Waals surface area contributed by atoms with E-state index in [1.165, 1.54) is 12.0 Å². The van der Waals surface area contributed by atoms with Crippen molar-refractivity contribution >= 4 is 0 Å². The molecule has 3 nitrogen and oxygen atoms in total. The van der Waals surface area contributed by atoms with Crippen LogP contribution in [0.25, 0.3) is 0 Å². The van der Waals surface area contributed by atoms with Crippen LogP contribution in [0.3, 0.4) is 0 Å². The van der Waals surface area contributed by atoms with E-state index >= 15 is 0 Å². The fourth-order valence-corrected chi connectivity index (χ4v) is 2.33. The summed E-state index contributed by atoms with van der Waals surface area (Å²) in [5.41, 5.74) is 1.30. The van der Waals surface area contributed by atoms with Crippen LogP contribution in [-0.4, -0.2) is 20.0 Å². The normalized spacial score (nSPS) is 21.4. The van der Waals surface area contributed by atoms with Crippen LogP contribution in [0, 0.1) is 17.8 Å².